The Hall–Kier alpha value is 0.0800. The van der Waals surface area contributed by atoms with Gasteiger partial charge in [-0.15, -0.1) is 0 Å². The zero-order chi connectivity index (χ0) is 9.19. The van der Waals surface area contributed by atoms with Crippen molar-refractivity contribution in [3.63, 3.8) is 0 Å². The molecule has 0 radical (unpaired) electrons. The molecule has 12 heavy (non-hydrogen) atoms. The molecule has 1 fully saturated rings. The molecule has 1 rings (SSSR count). The van der Waals surface area contributed by atoms with Gasteiger partial charge in [-0.3, -0.25) is 5.41 Å². The highest BCUT2D eigenvalue weighted by Crippen LogP contribution is 2.29. The van der Waals surface area contributed by atoms with E-state index in [0.29, 0.717) is 6.61 Å². The van der Waals surface area contributed by atoms with Crippen LogP contribution in [0.15, 0.2) is 11.6 Å². The van der Waals surface area contributed by atoms with Crippen LogP contribution in [0.5, 0.6) is 0 Å². The van der Waals surface area contributed by atoms with Crippen LogP contribution in [0.25, 0.3) is 0 Å². The topological polar surface area (TPSA) is 33.1 Å². The van der Waals surface area contributed by atoms with E-state index >= 15 is 0 Å². The first kappa shape index (κ1) is 10.2. The lowest BCUT2D eigenvalue weighted by atomic mass is 10.5. The molecule has 1 aliphatic rings. The van der Waals surface area contributed by atoms with Crippen molar-refractivity contribution >= 4 is 40.7 Å². The van der Waals surface area contributed by atoms with Crippen LogP contribution in [-0.4, -0.2) is 16.3 Å². The predicted octanol–water partition coefficient (Wildman–Crippen LogP) is 3.07. The minimum absolute atomic E-state index is 0.322. The van der Waals surface area contributed by atoms with Crippen molar-refractivity contribution < 1.29 is 4.74 Å². The third-order valence-electron chi connectivity index (χ3n) is 1.40. The number of alkyl halides is 3. The summed E-state index contributed by atoms with van der Waals surface area (Å²) in [5.41, 5.74) is 1.34. The first-order valence-electron chi connectivity index (χ1n) is 3.46. The second-order valence-electron chi connectivity index (χ2n) is 2.50. The summed E-state index contributed by atoms with van der Waals surface area (Å²) in [5, 5.41) is 7.16. The van der Waals surface area contributed by atoms with Gasteiger partial charge in [0.15, 0.2) is 0 Å². The lowest BCUT2D eigenvalue weighted by Crippen LogP contribution is -2.21. The highest BCUT2D eigenvalue weighted by Gasteiger charge is 2.28. The maximum atomic E-state index is 7.16. The Morgan fingerprint density at radius 3 is 2.50 bits per heavy atom. The molecule has 0 bridgehead atoms. The summed E-state index contributed by atoms with van der Waals surface area (Å²) in [4.78, 5) is 0. The first-order valence-corrected chi connectivity index (χ1v) is 4.60. The smallest absolute Gasteiger partial charge is 0.265 e. The van der Waals surface area contributed by atoms with Gasteiger partial charge in [-0.05, 0) is 18.9 Å². The molecule has 0 spiro atoms. The van der Waals surface area contributed by atoms with Gasteiger partial charge in [0.1, 0.15) is 6.61 Å². The maximum Gasteiger partial charge on any atom is 0.265 e. The molecule has 2 nitrogen and oxygen atoms in total. The van der Waals surface area contributed by atoms with Gasteiger partial charge in [-0.25, -0.2) is 0 Å². The molecule has 0 amide bonds. The monoisotopic (exact) mass is 227 g/mol. The number of halogens is 3. The summed E-state index contributed by atoms with van der Waals surface area (Å²) < 4.78 is 3.13. The number of hydrogen-bond acceptors (Lipinski definition) is 2. The third kappa shape index (κ3) is 3.65. The zero-order valence-electron chi connectivity index (χ0n) is 6.24. The molecular weight excluding hydrogens is 220 g/mol. The largest absolute Gasteiger partial charge is 0.474 e. The van der Waals surface area contributed by atoms with E-state index in [4.69, 9.17) is 44.9 Å². The van der Waals surface area contributed by atoms with Crippen molar-refractivity contribution in [2.75, 3.05) is 6.61 Å². The van der Waals surface area contributed by atoms with Gasteiger partial charge in [0, 0.05) is 0 Å². The van der Waals surface area contributed by atoms with Crippen molar-refractivity contribution in [3.8, 4) is 0 Å². The van der Waals surface area contributed by atoms with Crippen LogP contribution < -0.4 is 0 Å². The van der Waals surface area contributed by atoms with E-state index < -0.39 is 3.79 Å². The van der Waals surface area contributed by atoms with Crippen molar-refractivity contribution in [2.45, 2.75) is 16.6 Å². The summed E-state index contributed by atoms with van der Waals surface area (Å²) in [5.74, 6) is -0.329. The van der Waals surface area contributed by atoms with Crippen molar-refractivity contribution in [2.24, 2.45) is 0 Å². The van der Waals surface area contributed by atoms with Gasteiger partial charge in [-0.2, -0.15) is 0 Å². The van der Waals surface area contributed by atoms with Crippen LogP contribution in [0.1, 0.15) is 12.8 Å². The van der Waals surface area contributed by atoms with Gasteiger partial charge in [-0.1, -0.05) is 40.4 Å². The van der Waals surface area contributed by atoms with E-state index in [-0.39, 0.29) is 5.90 Å². The minimum Gasteiger partial charge on any atom is -0.474 e. The Morgan fingerprint density at radius 1 is 1.50 bits per heavy atom. The van der Waals surface area contributed by atoms with Crippen LogP contribution in [-0.2, 0) is 4.74 Å². The van der Waals surface area contributed by atoms with E-state index in [2.05, 4.69) is 0 Å². The molecule has 0 aliphatic heterocycles. The Bertz CT molecular complexity index is 213. The highest BCUT2D eigenvalue weighted by atomic mass is 35.6. The van der Waals surface area contributed by atoms with Crippen LogP contribution >= 0.6 is 34.8 Å². The Labute approximate surface area is 85.9 Å². The second kappa shape index (κ2) is 3.86. The molecule has 68 valence electrons. The standard InChI is InChI=1S/C7H8Cl3NO/c8-7(9,10)6(11)12-4-3-5-1-2-5/h3,11H,1-2,4H2. The fraction of sp³-hybridized carbons (Fsp3) is 0.571. The molecule has 0 aromatic carbocycles. The van der Waals surface area contributed by atoms with Crippen molar-refractivity contribution in [3.05, 3.63) is 11.6 Å². The number of nitrogens with one attached hydrogen (secondary N) is 1. The van der Waals surface area contributed by atoms with Crippen LogP contribution in [0.4, 0.5) is 0 Å². The van der Waals surface area contributed by atoms with E-state index in [9.17, 15) is 0 Å². The van der Waals surface area contributed by atoms with Crippen LogP contribution in [0.2, 0.25) is 0 Å². The van der Waals surface area contributed by atoms with E-state index in [1.54, 1.807) is 0 Å². The third-order valence-corrected chi connectivity index (χ3v) is 1.91. The summed E-state index contributed by atoms with van der Waals surface area (Å²) in [7, 11) is 0. The molecule has 5 heteroatoms. The molecule has 0 heterocycles. The molecule has 0 unspecified atom stereocenters. The van der Waals surface area contributed by atoms with E-state index in [0.717, 1.165) is 12.8 Å². The zero-order valence-corrected chi connectivity index (χ0v) is 8.51. The Balaban J connectivity index is 2.22. The number of hydrogen-bond donors (Lipinski definition) is 1. The maximum absolute atomic E-state index is 7.16. The number of ether oxygens (including phenoxy) is 1. The number of rotatable bonds is 2. The first-order chi connectivity index (χ1) is 5.50. The van der Waals surface area contributed by atoms with E-state index in [1.165, 1.54) is 5.57 Å². The second-order valence-corrected chi connectivity index (χ2v) is 4.78. The molecular formula is C7H8Cl3NO. The molecule has 1 saturated carbocycles. The average Bonchev–Trinajstić information content (AvgIpc) is 2.69. The summed E-state index contributed by atoms with van der Waals surface area (Å²) in [6.45, 7) is 0.322. The average molecular weight is 229 g/mol. The normalized spacial score (nSPS) is 15.8. The summed E-state index contributed by atoms with van der Waals surface area (Å²) in [6.07, 6.45) is 4.17. The van der Waals surface area contributed by atoms with Gasteiger partial charge in [0.05, 0.1) is 0 Å². The Morgan fingerprint density at radius 2 is 2.08 bits per heavy atom. The SMILES string of the molecule is N=C(OCC=C1CC1)C(Cl)(Cl)Cl. The van der Waals surface area contributed by atoms with Crippen molar-refractivity contribution in [1.82, 2.24) is 0 Å². The highest BCUT2D eigenvalue weighted by molar-refractivity contribution is 6.76. The van der Waals surface area contributed by atoms with Gasteiger partial charge < -0.3 is 4.74 Å². The van der Waals surface area contributed by atoms with Crippen molar-refractivity contribution in [1.29, 1.82) is 5.41 Å². The van der Waals surface area contributed by atoms with Gasteiger partial charge >= 0.3 is 0 Å². The summed E-state index contributed by atoms with van der Waals surface area (Å²) >= 11 is 16.1. The fourth-order valence-corrected chi connectivity index (χ4v) is 0.765. The van der Waals surface area contributed by atoms with E-state index in [1.807, 2.05) is 6.08 Å². The molecule has 0 aromatic rings. The quantitative estimate of drug-likeness (QED) is 0.335. The minimum atomic E-state index is -1.73. The fourth-order valence-electron chi connectivity index (χ4n) is 0.601. The lowest BCUT2D eigenvalue weighted by Gasteiger charge is -2.11. The summed E-state index contributed by atoms with van der Waals surface area (Å²) in [6, 6.07) is 0. The van der Waals surface area contributed by atoms with Gasteiger partial charge in [0.25, 0.3) is 3.79 Å². The Kier molecular flexibility index (Phi) is 3.27. The van der Waals surface area contributed by atoms with Crippen LogP contribution in [0, 0.1) is 5.41 Å². The molecule has 0 saturated heterocycles. The number of allylic oxidation sites excluding steroid dienone is 1. The molecule has 0 aromatic heterocycles. The lowest BCUT2D eigenvalue weighted by molar-refractivity contribution is 0.339. The molecule has 1 N–H and O–H groups in total. The molecule has 0 atom stereocenters. The molecule has 1 aliphatic carbocycles. The predicted molar refractivity (Wildman–Crippen MR) is 51.3 cm³/mol. The van der Waals surface area contributed by atoms with Gasteiger partial charge in [0.2, 0.25) is 5.90 Å². The van der Waals surface area contributed by atoms with Crippen LogP contribution in [0.3, 0.4) is 0 Å².